The molecule has 2 aromatic carbocycles. The van der Waals surface area contributed by atoms with Crippen LogP contribution >= 0.6 is 11.6 Å². The molecule has 2 nitrogen and oxygen atoms in total. The largest absolute Gasteiger partial charge is 0.294 e. The van der Waals surface area contributed by atoms with Gasteiger partial charge in [-0.05, 0) is 40.8 Å². The van der Waals surface area contributed by atoms with E-state index in [1.54, 1.807) is 0 Å². The van der Waals surface area contributed by atoms with Crippen LogP contribution in [0.1, 0.15) is 35.7 Å². The zero-order valence-electron chi connectivity index (χ0n) is 11.3. The van der Waals surface area contributed by atoms with Gasteiger partial charge in [0.05, 0.1) is 0 Å². The number of fused-ring (bicyclic) bond motifs is 3. The van der Waals surface area contributed by atoms with Crippen molar-refractivity contribution in [2.24, 2.45) is 5.41 Å². The number of ketones is 1. The van der Waals surface area contributed by atoms with Crippen molar-refractivity contribution in [3.8, 4) is 0 Å². The minimum absolute atomic E-state index is 0.0403. The predicted octanol–water partition coefficient (Wildman–Crippen LogP) is 4.13. The van der Waals surface area contributed by atoms with E-state index >= 15 is 0 Å². The summed E-state index contributed by atoms with van der Waals surface area (Å²) in [6.07, 6.45) is 1.59. The Balaban J connectivity index is 2.13. The molecule has 0 amide bonds. The van der Waals surface area contributed by atoms with Gasteiger partial charge in [0.15, 0.2) is 5.78 Å². The van der Waals surface area contributed by atoms with Gasteiger partial charge >= 0.3 is 0 Å². The first kappa shape index (κ1) is 13.3. The number of Topliss-reactive ketones (excluding diaryl/α,β-unsaturated/α-hetero) is 1. The molecule has 2 aromatic rings. The van der Waals surface area contributed by atoms with Crippen LogP contribution < -0.4 is 0 Å². The molecule has 1 unspecified atom stereocenters. The quantitative estimate of drug-likeness (QED) is 0.778. The van der Waals surface area contributed by atoms with Gasteiger partial charge in [0, 0.05) is 17.4 Å². The Kier molecular flexibility index (Phi) is 3.14. The third kappa shape index (κ3) is 2.04. The summed E-state index contributed by atoms with van der Waals surface area (Å²) in [7, 11) is 0. The average Bonchev–Trinajstić information content (AvgIpc) is 2.42. The van der Waals surface area contributed by atoms with Crippen LogP contribution in [-0.4, -0.2) is 11.0 Å². The van der Waals surface area contributed by atoms with Crippen LogP contribution in [0.3, 0.4) is 0 Å². The fourth-order valence-corrected chi connectivity index (χ4v) is 3.43. The molecule has 20 heavy (non-hydrogen) atoms. The number of hydrogen-bond acceptors (Lipinski definition) is 2. The molecule has 0 saturated heterocycles. The van der Waals surface area contributed by atoms with Crippen molar-refractivity contribution in [1.29, 1.82) is 0 Å². The zero-order chi connectivity index (χ0) is 14.3. The molecule has 1 aliphatic rings. The zero-order valence-corrected chi connectivity index (χ0v) is 12.0. The van der Waals surface area contributed by atoms with Crippen molar-refractivity contribution in [1.82, 2.24) is 0 Å². The Bertz CT molecular complexity index is 720. The van der Waals surface area contributed by atoms with Crippen LogP contribution in [0.4, 0.5) is 0 Å². The molecule has 1 atom stereocenters. The van der Waals surface area contributed by atoms with Gasteiger partial charge in [0.25, 0.3) is 0 Å². The molecule has 0 aromatic heterocycles. The lowest BCUT2D eigenvalue weighted by Crippen LogP contribution is -2.34. The van der Waals surface area contributed by atoms with Crippen molar-refractivity contribution in [3.63, 3.8) is 0 Å². The standard InChI is InChI=1S/C17H15ClO2/c1-17(10-15(18)19)9-8-13-12-5-3-2-4-11(12)6-7-14(13)16(17)20/h2-7H,8-10H2,1H3. The lowest BCUT2D eigenvalue weighted by molar-refractivity contribution is -0.113. The van der Waals surface area contributed by atoms with Gasteiger partial charge in [0.1, 0.15) is 0 Å². The maximum atomic E-state index is 12.7. The maximum Gasteiger partial charge on any atom is 0.222 e. The normalized spacial score (nSPS) is 21.8. The Labute approximate surface area is 122 Å². The van der Waals surface area contributed by atoms with Gasteiger partial charge in [-0.1, -0.05) is 43.3 Å². The number of aryl methyl sites for hydroxylation is 1. The molecule has 3 rings (SSSR count). The molecule has 0 N–H and O–H groups in total. The summed E-state index contributed by atoms with van der Waals surface area (Å²) < 4.78 is 0. The van der Waals surface area contributed by atoms with Crippen molar-refractivity contribution in [2.45, 2.75) is 26.2 Å². The van der Waals surface area contributed by atoms with E-state index in [9.17, 15) is 9.59 Å². The fraction of sp³-hybridized carbons (Fsp3) is 0.294. The van der Waals surface area contributed by atoms with Gasteiger partial charge in [-0.2, -0.15) is 0 Å². The number of carbonyl (C=O) groups excluding carboxylic acids is 2. The number of halogens is 1. The summed E-state index contributed by atoms with van der Waals surface area (Å²) >= 11 is 5.50. The highest BCUT2D eigenvalue weighted by Crippen LogP contribution is 2.40. The highest BCUT2D eigenvalue weighted by Gasteiger charge is 2.40. The van der Waals surface area contributed by atoms with Crippen molar-refractivity contribution in [2.75, 3.05) is 0 Å². The monoisotopic (exact) mass is 286 g/mol. The molecule has 0 heterocycles. The van der Waals surface area contributed by atoms with Crippen molar-refractivity contribution < 1.29 is 9.59 Å². The third-order valence-corrected chi connectivity index (χ3v) is 4.42. The molecular formula is C17H15ClO2. The second-order valence-corrected chi connectivity index (χ2v) is 6.16. The number of hydrogen-bond donors (Lipinski definition) is 0. The Morgan fingerprint density at radius 2 is 2.00 bits per heavy atom. The first-order valence-electron chi connectivity index (χ1n) is 6.75. The van der Waals surface area contributed by atoms with E-state index in [0.29, 0.717) is 6.42 Å². The summed E-state index contributed by atoms with van der Waals surface area (Å²) in [5.41, 5.74) is 1.19. The minimum Gasteiger partial charge on any atom is -0.294 e. The number of carbonyl (C=O) groups is 2. The lowest BCUT2D eigenvalue weighted by Gasteiger charge is -2.32. The highest BCUT2D eigenvalue weighted by atomic mass is 35.5. The Morgan fingerprint density at radius 1 is 1.25 bits per heavy atom. The first-order valence-corrected chi connectivity index (χ1v) is 7.13. The molecule has 0 saturated carbocycles. The van der Waals surface area contributed by atoms with Crippen LogP contribution in [0.15, 0.2) is 36.4 Å². The summed E-state index contributed by atoms with van der Waals surface area (Å²) in [6.45, 7) is 1.84. The van der Waals surface area contributed by atoms with Crippen LogP contribution in [0, 0.1) is 5.41 Å². The van der Waals surface area contributed by atoms with Gasteiger partial charge in [-0.15, -0.1) is 0 Å². The predicted molar refractivity (Wildman–Crippen MR) is 80.2 cm³/mol. The van der Waals surface area contributed by atoms with Crippen LogP contribution in [0.5, 0.6) is 0 Å². The SMILES string of the molecule is CC1(CC(=O)Cl)CCc2c(ccc3ccccc23)C1=O. The molecule has 0 aliphatic heterocycles. The van der Waals surface area contributed by atoms with E-state index in [0.717, 1.165) is 28.3 Å². The highest BCUT2D eigenvalue weighted by molar-refractivity contribution is 6.63. The molecule has 3 heteroatoms. The summed E-state index contributed by atoms with van der Waals surface area (Å²) in [4.78, 5) is 23.9. The van der Waals surface area contributed by atoms with E-state index in [1.807, 2.05) is 31.2 Å². The summed E-state index contributed by atoms with van der Waals surface area (Å²) in [5, 5.41) is 1.85. The van der Waals surface area contributed by atoms with Crippen LogP contribution in [0.25, 0.3) is 10.8 Å². The van der Waals surface area contributed by atoms with Gasteiger partial charge in [-0.25, -0.2) is 0 Å². The number of benzene rings is 2. The van der Waals surface area contributed by atoms with Crippen LogP contribution in [0.2, 0.25) is 0 Å². The van der Waals surface area contributed by atoms with E-state index in [-0.39, 0.29) is 12.2 Å². The molecule has 0 spiro atoms. The van der Waals surface area contributed by atoms with Gasteiger partial charge in [0.2, 0.25) is 5.24 Å². The smallest absolute Gasteiger partial charge is 0.222 e. The molecule has 0 radical (unpaired) electrons. The molecule has 1 aliphatic carbocycles. The second-order valence-electron chi connectivity index (χ2n) is 5.73. The molecule has 102 valence electrons. The van der Waals surface area contributed by atoms with E-state index in [2.05, 4.69) is 12.1 Å². The molecule has 0 fully saturated rings. The number of rotatable bonds is 2. The minimum atomic E-state index is -0.658. The topological polar surface area (TPSA) is 34.1 Å². The molecular weight excluding hydrogens is 272 g/mol. The molecule has 0 bridgehead atoms. The van der Waals surface area contributed by atoms with Gasteiger partial charge in [-0.3, -0.25) is 9.59 Å². The van der Waals surface area contributed by atoms with Crippen molar-refractivity contribution >= 4 is 33.4 Å². The Hall–Kier alpha value is -1.67. The van der Waals surface area contributed by atoms with Gasteiger partial charge < -0.3 is 0 Å². The second kappa shape index (κ2) is 4.71. The summed E-state index contributed by atoms with van der Waals surface area (Å²) in [6, 6.07) is 11.9. The maximum absolute atomic E-state index is 12.7. The lowest BCUT2D eigenvalue weighted by atomic mass is 9.69. The van der Waals surface area contributed by atoms with Crippen molar-refractivity contribution in [3.05, 3.63) is 47.5 Å². The first-order chi connectivity index (χ1) is 9.51. The average molecular weight is 287 g/mol. The third-order valence-electron chi connectivity index (χ3n) is 4.29. The fourth-order valence-electron chi connectivity index (χ4n) is 3.13. The summed E-state index contributed by atoms with van der Waals surface area (Å²) in [5.74, 6) is 0.0403. The Morgan fingerprint density at radius 3 is 2.75 bits per heavy atom. The van der Waals surface area contributed by atoms with E-state index < -0.39 is 10.7 Å². The van der Waals surface area contributed by atoms with Crippen LogP contribution in [-0.2, 0) is 11.2 Å². The van der Waals surface area contributed by atoms with E-state index in [1.165, 1.54) is 0 Å². The van der Waals surface area contributed by atoms with E-state index in [4.69, 9.17) is 11.6 Å².